The van der Waals surface area contributed by atoms with E-state index in [1.807, 2.05) is 19.2 Å². The van der Waals surface area contributed by atoms with Crippen LogP contribution >= 0.6 is 0 Å². The Morgan fingerprint density at radius 1 is 1.35 bits per heavy atom. The molecule has 1 aliphatic heterocycles. The molecule has 1 aliphatic rings. The van der Waals surface area contributed by atoms with Gasteiger partial charge >= 0.3 is 0 Å². The van der Waals surface area contributed by atoms with Gasteiger partial charge in [-0.3, -0.25) is 9.78 Å². The maximum atomic E-state index is 13.6. The minimum Gasteiger partial charge on any atom is -0.338 e. The first-order valence-corrected chi connectivity index (χ1v) is 8.54. The van der Waals surface area contributed by atoms with E-state index < -0.39 is 11.6 Å². The highest BCUT2D eigenvalue weighted by atomic mass is 19.1. The van der Waals surface area contributed by atoms with Crippen LogP contribution in [0.4, 0.5) is 8.78 Å². The van der Waals surface area contributed by atoms with Gasteiger partial charge in [0.1, 0.15) is 11.6 Å². The van der Waals surface area contributed by atoms with Gasteiger partial charge in [0.05, 0.1) is 6.04 Å². The summed E-state index contributed by atoms with van der Waals surface area (Å²) in [5.41, 5.74) is 1.37. The zero-order valence-corrected chi connectivity index (χ0v) is 14.5. The summed E-state index contributed by atoms with van der Waals surface area (Å²) in [6.45, 7) is 1.19. The van der Waals surface area contributed by atoms with E-state index in [2.05, 4.69) is 10.3 Å². The van der Waals surface area contributed by atoms with Crippen molar-refractivity contribution in [1.29, 1.82) is 0 Å². The lowest BCUT2D eigenvalue weighted by Gasteiger charge is -2.25. The molecular formula is C20H21F2N3O. The molecule has 6 heteroatoms. The minimum absolute atomic E-state index is 0.00206. The number of rotatable bonds is 6. The molecule has 1 aromatic heterocycles. The van der Waals surface area contributed by atoms with Crippen molar-refractivity contribution in [1.82, 2.24) is 15.2 Å². The predicted molar refractivity (Wildman–Crippen MR) is 96.1 cm³/mol. The van der Waals surface area contributed by atoms with Crippen molar-refractivity contribution in [3.63, 3.8) is 0 Å². The monoisotopic (exact) mass is 357 g/mol. The van der Waals surface area contributed by atoms with Gasteiger partial charge < -0.3 is 10.2 Å². The summed E-state index contributed by atoms with van der Waals surface area (Å²) < 4.78 is 26.5. The number of carbonyl (C=O) groups excluding carboxylic acids is 1. The van der Waals surface area contributed by atoms with Gasteiger partial charge in [0.15, 0.2) is 0 Å². The van der Waals surface area contributed by atoms with Crippen molar-refractivity contribution in [2.24, 2.45) is 5.92 Å². The molecule has 1 N–H and O–H groups in total. The Labute approximate surface area is 151 Å². The molecule has 0 radical (unpaired) electrons. The summed E-state index contributed by atoms with van der Waals surface area (Å²) in [6, 6.07) is 7.36. The van der Waals surface area contributed by atoms with Crippen LogP contribution in [0.5, 0.6) is 0 Å². The number of likely N-dealkylation sites (tertiary alicyclic amines) is 1. The van der Waals surface area contributed by atoms with Crippen LogP contribution < -0.4 is 5.32 Å². The number of halogens is 2. The fraction of sp³-hybridized carbons (Fsp3) is 0.300. The smallest absolute Gasteiger partial charge is 0.223 e. The molecule has 4 nitrogen and oxygen atoms in total. The average Bonchev–Trinajstić information content (AvgIpc) is 2.91. The Bertz CT molecular complexity index is 795. The predicted octanol–water partition coefficient (Wildman–Crippen LogP) is 3.18. The third-order valence-electron chi connectivity index (χ3n) is 4.65. The topological polar surface area (TPSA) is 45.2 Å². The molecule has 0 saturated carbocycles. The second kappa shape index (κ2) is 8.19. The van der Waals surface area contributed by atoms with Crippen LogP contribution in [0.15, 0.2) is 48.8 Å². The van der Waals surface area contributed by atoms with E-state index in [4.69, 9.17) is 0 Å². The maximum Gasteiger partial charge on any atom is 0.223 e. The van der Waals surface area contributed by atoms with Crippen LogP contribution in [-0.2, 0) is 4.79 Å². The maximum absolute atomic E-state index is 13.6. The normalized spacial score (nSPS) is 20.3. The summed E-state index contributed by atoms with van der Waals surface area (Å²) in [5.74, 6) is -0.905. The van der Waals surface area contributed by atoms with Gasteiger partial charge in [0.2, 0.25) is 5.91 Å². The van der Waals surface area contributed by atoms with Crippen LogP contribution in [0.25, 0.3) is 6.08 Å². The largest absolute Gasteiger partial charge is 0.338 e. The van der Waals surface area contributed by atoms with Gasteiger partial charge in [-0.1, -0.05) is 18.2 Å². The van der Waals surface area contributed by atoms with Crippen molar-refractivity contribution in [3.8, 4) is 0 Å². The molecule has 0 bridgehead atoms. The van der Waals surface area contributed by atoms with Crippen LogP contribution in [0.2, 0.25) is 0 Å². The van der Waals surface area contributed by atoms with Crippen LogP contribution in [0.1, 0.15) is 23.6 Å². The molecule has 1 amide bonds. The summed E-state index contributed by atoms with van der Waals surface area (Å²) in [5, 5.41) is 3.29. The minimum atomic E-state index is -0.589. The fourth-order valence-electron chi connectivity index (χ4n) is 3.36. The van der Waals surface area contributed by atoms with Crippen LogP contribution in [-0.4, -0.2) is 35.9 Å². The molecule has 136 valence electrons. The van der Waals surface area contributed by atoms with Gasteiger partial charge in [-0.25, -0.2) is 8.78 Å². The molecule has 3 rings (SSSR count). The highest BCUT2D eigenvalue weighted by Gasteiger charge is 2.38. The third-order valence-corrected chi connectivity index (χ3v) is 4.65. The van der Waals surface area contributed by atoms with E-state index in [1.165, 1.54) is 12.1 Å². The number of benzene rings is 1. The molecule has 1 aromatic carbocycles. The first kappa shape index (κ1) is 18.2. The van der Waals surface area contributed by atoms with E-state index in [9.17, 15) is 13.6 Å². The number of aromatic nitrogens is 1. The van der Waals surface area contributed by atoms with Gasteiger partial charge in [-0.15, -0.1) is 0 Å². The van der Waals surface area contributed by atoms with E-state index in [0.29, 0.717) is 25.1 Å². The molecule has 2 atom stereocenters. The van der Waals surface area contributed by atoms with Crippen molar-refractivity contribution in [2.45, 2.75) is 12.5 Å². The highest BCUT2D eigenvalue weighted by Crippen LogP contribution is 2.36. The molecule has 1 saturated heterocycles. The molecule has 2 heterocycles. The summed E-state index contributed by atoms with van der Waals surface area (Å²) in [6.07, 6.45) is 7.40. The Hall–Kier alpha value is -2.60. The first-order valence-electron chi connectivity index (χ1n) is 8.54. The van der Waals surface area contributed by atoms with Crippen LogP contribution in [0, 0.1) is 17.6 Å². The number of nitrogens with one attached hydrogen (secondary N) is 1. The third kappa shape index (κ3) is 4.14. The van der Waals surface area contributed by atoms with Gasteiger partial charge in [0, 0.05) is 56.5 Å². The van der Waals surface area contributed by atoms with Gasteiger partial charge in [0.25, 0.3) is 0 Å². The molecule has 0 aliphatic carbocycles. The van der Waals surface area contributed by atoms with E-state index >= 15 is 0 Å². The molecule has 1 fully saturated rings. The molecular weight excluding hydrogens is 336 g/mol. The molecule has 0 unspecified atom stereocenters. The highest BCUT2D eigenvalue weighted by molar-refractivity contribution is 5.79. The van der Waals surface area contributed by atoms with Crippen LogP contribution in [0.3, 0.4) is 0 Å². The number of hydrogen-bond donors (Lipinski definition) is 1. The Morgan fingerprint density at radius 3 is 2.92 bits per heavy atom. The summed E-state index contributed by atoms with van der Waals surface area (Å²) in [4.78, 5) is 18.0. The molecule has 0 spiro atoms. The zero-order chi connectivity index (χ0) is 18.5. The SMILES string of the molecule is CN1C(=O)C[C@@H](CNCC=Cc2ccc(F)cc2F)[C@@H]1c1cccnc1. The lowest BCUT2D eigenvalue weighted by molar-refractivity contribution is -0.127. The van der Waals surface area contributed by atoms with Crippen molar-refractivity contribution >= 4 is 12.0 Å². The Balaban J connectivity index is 1.56. The Kier molecular flexibility index (Phi) is 5.73. The number of nitrogens with zero attached hydrogens (tertiary/aromatic N) is 2. The number of hydrogen-bond acceptors (Lipinski definition) is 3. The summed E-state index contributed by atoms with van der Waals surface area (Å²) >= 11 is 0. The zero-order valence-electron chi connectivity index (χ0n) is 14.5. The number of pyridine rings is 1. The lowest BCUT2D eigenvalue weighted by atomic mass is 9.95. The number of amides is 1. The number of carbonyl (C=O) groups is 1. The second-order valence-electron chi connectivity index (χ2n) is 6.43. The fourth-order valence-corrected chi connectivity index (χ4v) is 3.36. The molecule has 26 heavy (non-hydrogen) atoms. The quantitative estimate of drug-likeness (QED) is 0.808. The van der Waals surface area contributed by atoms with Gasteiger partial charge in [-0.2, -0.15) is 0 Å². The van der Waals surface area contributed by atoms with E-state index in [0.717, 1.165) is 11.6 Å². The second-order valence-corrected chi connectivity index (χ2v) is 6.43. The van der Waals surface area contributed by atoms with Crippen molar-refractivity contribution < 1.29 is 13.6 Å². The first-order chi connectivity index (χ1) is 12.6. The Morgan fingerprint density at radius 2 is 2.19 bits per heavy atom. The van der Waals surface area contributed by atoms with Crippen molar-refractivity contribution in [2.75, 3.05) is 20.1 Å². The standard InChI is InChI=1S/C20H21F2N3O/c1-25-19(26)10-16(20(25)15-5-3-9-23-12-15)13-24-8-2-4-14-6-7-17(21)11-18(14)22/h2-7,9,11-12,16,20,24H,8,10,13H2,1H3/t16-,20-/m0/s1. The van der Waals surface area contributed by atoms with E-state index in [1.54, 1.807) is 29.4 Å². The molecule has 2 aromatic rings. The lowest BCUT2D eigenvalue weighted by Crippen LogP contribution is -2.29. The van der Waals surface area contributed by atoms with Gasteiger partial charge in [-0.05, 0) is 23.8 Å². The summed E-state index contributed by atoms with van der Waals surface area (Å²) in [7, 11) is 1.82. The average molecular weight is 357 g/mol. The van der Waals surface area contributed by atoms with E-state index in [-0.39, 0.29) is 17.9 Å². The van der Waals surface area contributed by atoms with Crippen molar-refractivity contribution in [3.05, 3.63) is 71.6 Å².